The smallest absolute Gasteiger partial charge is 0.407 e. The minimum atomic E-state index is -0.591. The zero-order valence-electron chi connectivity index (χ0n) is 16.1. The van der Waals surface area contributed by atoms with Crippen LogP contribution in [0.5, 0.6) is 5.75 Å². The number of hydrogen-bond acceptors (Lipinski definition) is 6. The summed E-state index contributed by atoms with van der Waals surface area (Å²) in [5.41, 5.74) is 0.513. The summed E-state index contributed by atoms with van der Waals surface area (Å²) in [5, 5.41) is 2.81. The molecule has 1 N–H and O–H groups in total. The number of amides is 1. The van der Waals surface area contributed by atoms with Crippen LogP contribution in [0.2, 0.25) is 0 Å². The molecule has 2 rings (SSSR count). The van der Waals surface area contributed by atoms with Gasteiger partial charge in [-0.15, -0.1) is 0 Å². The lowest BCUT2D eigenvalue weighted by Gasteiger charge is -2.23. The van der Waals surface area contributed by atoms with Crippen molar-refractivity contribution >= 4 is 12.1 Å². The van der Waals surface area contributed by atoms with Crippen molar-refractivity contribution in [3.63, 3.8) is 0 Å². The Bertz CT molecular complexity index is 624. The Kier molecular flexibility index (Phi) is 6.47. The monoisotopic (exact) mass is 364 g/mol. The van der Waals surface area contributed by atoms with E-state index in [0.29, 0.717) is 19.6 Å². The molecule has 0 bridgehead atoms. The van der Waals surface area contributed by atoms with Gasteiger partial charge in [0.05, 0.1) is 26.2 Å². The van der Waals surface area contributed by atoms with E-state index < -0.39 is 17.6 Å². The van der Waals surface area contributed by atoms with Gasteiger partial charge in [-0.05, 0) is 38.5 Å². The third-order valence-corrected chi connectivity index (χ3v) is 4.17. The number of alkyl carbamates (subject to hydrolysis) is 1. The molecule has 1 aromatic carbocycles. The lowest BCUT2D eigenvalue weighted by atomic mass is 10.0. The molecule has 0 aliphatic carbocycles. The number of ether oxygens (including phenoxy) is 3. The van der Waals surface area contributed by atoms with Crippen molar-refractivity contribution < 1.29 is 23.8 Å². The third kappa shape index (κ3) is 5.62. The van der Waals surface area contributed by atoms with Crippen molar-refractivity contribution in [1.29, 1.82) is 0 Å². The largest absolute Gasteiger partial charge is 0.497 e. The lowest BCUT2D eigenvalue weighted by molar-refractivity contribution is -0.145. The average Bonchev–Trinajstić information content (AvgIpc) is 2.95. The predicted octanol–water partition coefficient (Wildman–Crippen LogP) is 2.19. The zero-order chi connectivity index (χ0) is 19.3. The summed E-state index contributed by atoms with van der Waals surface area (Å²) >= 11 is 0. The fourth-order valence-corrected chi connectivity index (χ4v) is 3.00. The highest BCUT2D eigenvalue weighted by Gasteiger charge is 2.39. The van der Waals surface area contributed by atoms with Gasteiger partial charge in [0.25, 0.3) is 0 Å². The second-order valence-electron chi connectivity index (χ2n) is 7.42. The first kappa shape index (κ1) is 20.0. The van der Waals surface area contributed by atoms with Crippen LogP contribution in [0.15, 0.2) is 24.3 Å². The van der Waals surface area contributed by atoms with Crippen molar-refractivity contribution in [3.05, 3.63) is 29.8 Å². The van der Waals surface area contributed by atoms with E-state index in [1.54, 1.807) is 27.9 Å². The molecule has 0 saturated carbocycles. The molecule has 1 saturated heterocycles. The van der Waals surface area contributed by atoms with Gasteiger partial charge in [0, 0.05) is 19.6 Å². The van der Waals surface area contributed by atoms with Crippen LogP contribution < -0.4 is 10.1 Å². The number of likely N-dealkylation sites (tertiary alicyclic amines) is 1. The highest BCUT2D eigenvalue weighted by atomic mass is 16.6. The standard InChI is InChI=1S/C19H28N2O5/c1-19(2,3)26-18(23)20-16-12-21(11-15(16)17(22)25-5)10-13-6-8-14(24-4)9-7-13/h6-9,15-16H,10-12H2,1-5H3,(H,20,23)/t15-,16+/m0/s1. The minimum absolute atomic E-state index is 0.330. The van der Waals surface area contributed by atoms with Crippen LogP contribution >= 0.6 is 0 Å². The molecule has 1 aromatic rings. The molecule has 1 heterocycles. The lowest BCUT2D eigenvalue weighted by Crippen LogP contribution is -2.45. The first-order valence-electron chi connectivity index (χ1n) is 8.64. The maximum Gasteiger partial charge on any atom is 0.407 e. The second kappa shape index (κ2) is 8.40. The van der Waals surface area contributed by atoms with Crippen LogP contribution in [0.25, 0.3) is 0 Å². The number of rotatable bonds is 5. The van der Waals surface area contributed by atoms with Gasteiger partial charge in [0.2, 0.25) is 0 Å². The molecule has 1 aliphatic rings. The van der Waals surface area contributed by atoms with Crippen molar-refractivity contribution in [2.75, 3.05) is 27.3 Å². The highest BCUT2D eigenvalue weighted by molar-refractivity contribution is 5.76. The molecule has 0 aromatic heterocycles. The molecule has 7 nitrogen and oxygen atoms in total. The van der Waals surface area contributed by atoms with Gasteiger partial charge in [-0.25, -0.2) is 4.79 Å². The van der Waals surface area contributed by atoms with Gasteiger partial charge in [-0.2, -0.15) is 0 Å². The Morgan fingerprint density at radius 1 is 1.15 bits per heavy atom. The molecular weight excluding hydrogens is 336 g/mol. The Hall–Kier alpha value is -2.28. The Labute approximate surface area is 154 Å². The fraction of sp³-hybridized carbons (Fsp3) is 0.579. The summed E-state index contributed by atoms with van der Waals surface area (Å²) in [4.78, 5) is 26.3. The molecule has 0 radical (unpaired) electrons. The van der Waals surface area contributed by atoms with Crippen LogP contribution in [0.1, 0.15) is 26.3 Å². The number of hydrogen-bond donors (Lipinski definition) is 1. The van der Waals surface area contributed by atoms with E-state index >= 15 is 0 Å². The van der Waals surface area contributed by atoms with Crippen molar-refractivity contribution in [3.8, 4) is 5.75 Å². The van der Waals surface area contributed by atoms with Gasteiger partial charge in [0.15, 0.2) is 0 Å². The zero-order valence-corrected chi connectivity index (χ0v) is 16.1. The van der Waals surface area contributed by atoms with Gasteiger partial charge < -0.3 is 19.5 Å². The maximum absolute atomic E-state index is 12.1. The van der Waals surface area contributed by atoms with Crippen molar-refractivity contribution in [1.82, 2.24) is 10.2 Å². The number of nitrogens with zero attached hydrogens (tertiary/aromatic N) is 1. The van der Waals surface area contributed by atoms with E-state index in [-0.39, 0.29) is 12.0 Å². The van der Waals surface area contributed by atoms with Crippen LogP contribution in [0.4, 0.5) is 4.79 Å². The molecule has 1 fully saturated rings. The summed E-state index contributed by atoms with van der Waals surface area (Å²) in [6, 6.07) is 7.43. The van der Waals surface area contributed by atoms with E-state index in [4.69, 9.17) is 14.2 Å². The van der Waals surface area contributed by atoms with Crippen LogP contribution in [0.3, 0.4) is 0 Å². The maximum atomic E-state index is 12.1. The van der Waals surface area contributed by atoms with Gasteiger partial charge in [-0.1, -0.05) is 12.1 Å². The molecule has 2 atom stereocenters. The van der Waals surface area contributed by atoms with Gasteiger partial charge >= 0.3 is 12.1 Å². The van der Waals surface area contributed by atoms with E-state index in [9.17, 15) is 9.59 Å². The van der Waals surface area contributed by atoms with Crippen LogP contribution in [-0.2, 0) is 20.8 Å². The Morgan fingerprint density at radius 3 is 2.35 bits per heavy atom. The molecule has 0 spiro atoms. The van der Waals surface area contributed by atoms with Gasteiger partial charge in [0.1, 0.15) is 11.4 Å². The normalized spacial score (nSPS) is 20.5. The summed E-state index contributed by atoms with van der Waals surface area (Å²) in [7, 11) is 2.99. The third-order valence-electron chi connectivity index (χ3n) is 4.17. The SMILES string of the molecule is COC(=O)[C@H]1CN(Cc2ccc(OC)cc2)C[C@H]1NC(=O)OC(C)(C)C. The van der Waals surface area contributed by atoms with Crippen molar-refractivity contribution in [2.24, 2.45) is 5.92 Å². The molecule has 0 unspecified atom stereocenters. The average molecular weight is 364 g/mol. The van der Waals surface area contributed by atoms with E-state index in [1.807, 2.05) is 24.3 Å². The topological polar surface area (TPSA) is 77.1 Å². The number of carbonyl (C=O) groups is 2. The van der Waals surface area contributed by atoms with Crippen LogP contribution in [-0.4, -0.2) is 55.9 Å². The second-order valence-corrected chi connectivity index (χ2v) is 7.42. The molecule has 26 heavy (non-hydrogen) atoms. The van der Waals surface area contributed by atoms with Gasteiger partial charge in [-0.3, -0.25) is 9.69 Å². The fourth-order valence-electron chi connectivity index (χ4n) is 3.00. The van der Waals surface area contributed by atoms with Crippen molar-refractivity contribution in [2.45, 2.75) is 39.0 Å². The number of methoxy groups -OCH3 is 2. The molecule has 1 aliphatic heterocycles. The van der Waals surface area contributed by atoms with E-state index in [1.165, 1.54) is 7.11 Å². The Balaban J connectivity index is 2.02. The first-order valence-corrected chi connectivity index (χ1v) is 8.64. The number of esters is 1. The summed E-state index contributed by atoms with van der Waals surface area (Å²) in [5.74, 6) is 0.0427. The highest BCUT2D eigenvalue weighted by Crippen LogP contribution is 2.22. The molecule has 7 heteroatoms. The number of benzene rings is 1. The summed E-state index contributed by atoms with van der Waals surface area (Å²) in [6.45, 7) is 7.13. The Morgan fingerprint density at radius 2 is 1.81 bits per heavy atom. The molecule has 144 valence electrons. The quantitative estimate of drug-likeness (QED) is 0.807. The molecular formula is C19H28N2O5. The molecule has 1 amide bonds. The summed E-state index contributed by atoms with van der Waals surface area (Å²) < 4.78 is 15.4. The number of nitrogens with one attached hydrogen (secondary N) is 1. The van der Waals surface area contributed by atoms with E-state index in [0.717, 1.165) is 11.3 Å². The minimum Gasteiger partial charge on any atom is -0.497 e. The first-order chi connectivity index (χ1) is 12.2. The predicted molar refractivity (Wildman–Crippen MR) is 96.9 cm³/mol. The summed E-state index contributed by atoms with van der Waals surface area (Å²) in [6.07, 6.45) is -0.525. The number of carbonyl (C=O) groups excluding carboxylic acids is 2. The van der Waals surface area contributed by atoms with Crippen LogP contribution in [0, 0.1) is 5.92 Å². The van der Waals surface area contributed by atoms with E-state index in [2.05, 4.69) is 10.2 Å².